The van der Waals surface area contributed by atoms with Gasteiger partial charge >= 0.3 is 6.09 Å². The van der Waals surface area contributed by atoms with Crippen LogP contribution < -0.4 is 5.32 Å². The van der Waals surface area contributed by atoms with Crippen LogP contribution in [0.1, 0.15) is 74.0 Å². The van der Waals surface area contributed by atoms with Crippen molar-refractivity contribution in [1.29, 1.82) is 0 Å². The van der Waals surface area contributed by atoms with E-state index in [1.165, 1.54) is 0 Å². The van der Waals surface area contributed by atoms with E-state index in [0.717, 1.165) is 13.1 Å². The second-order valence-corrected chi connectivity index (χ2v) is 9.25. The van der Waals surface area contributed by atoms with Crippen LogP contribution >= 0.6 is 0 Å². The Labute approximate surface area is 157 Å². The van der Waals surface area contributed by atoms with Crippen LogP contribution in [0.4, 0.5) is 4.79 Å². The van der Waals surface area contributed by atoms with Crippen LogP contribution in [0.25, 0.3) is 0 Å². The Balaban J connectivity index is 2.78. The summed E-state index contributed by atoms with van der Waals surface area (Å²) < 4.78 is 10.7. The Bertz CT molecular complexity index is 564. The lowest BCUT2D eigenvalue weighted by Crippen LogP contribution is -2.44. The van der Waals surface area contributed by atoms with E-state index in [1.807, 2.05) is 34.6 Å². The number of amides is 1. The quantitative estimate of drug-likeness (QED) is 0.748. The largest absolute Gasteiger partial charge is 0.444 e. The molecule has 0 bridgehead atoms. The van der Waals surface area contributed by atoms with Crippen LogP contribution in [-0.4, -0.2) is 39.8 Å². The standard InChI is InChI=1S/C19H36N4O3/c1-13(2)10-23(11-14(3)4)12-15-20-16(22-26-15)19(8,9)21-17(24)25-18(5,6)7/h13-14H,10-12H2,1-9H3,(H,21,24). The van der Waals surface area contributed by atoms with Crippen molar-refractivity contribution in [3.8, 4) is 0 Å². The molecule has 1 heterocycles. The van der Waals surface area contributed by atoms with Crippen molar-refractivity contribution in [3.05, 3.63) is 11.7 Å². The second kappa shape index (κ2) is 8.84. The summed E-state index contributed by atoms with van der Waals surface area (Å²) in [6.45, 7) is 20.4. The molecule has 0 fully saturated rings. The predicted molar refractivity (Wildman–Crippen MR) is 102 cm³/mol. The molecule has 7 heteroatoms. The highest BCUT2D eigenvalue weighted by Crippen LogP contribution is 2.19. The van der Waals surface area contributed by atoms with Crippen molar-refractivity contribution in [2.75, 3.05) is 13.1 Å². The molecule has 0 saturated heterocycles. The van der Waals surface area contributed by atoms with Gasteiger partial charge in [-0.05, 0) is 46.5 Å². The molecule has 0 spiro atoms. The van der Waals surface area contributed by atoms with Gasteiger partial charge in [-0.15, -0.1) is 0 Å². The van der Waals surface area contributed by atoms with Crippen LogP contribution in [0.5, 0.6) is 0 Å². The van der Waals surface area contributed by atoms with Gasteiger partial charge in [0.05, 0.1) is 6.54 Å². The SMILES string of the molecule is CC(C)CN(Cc1nc(C(C)(C)NC(=O)OC(C)(C)C)no1)CC(C)C. The van der Waals surface area contributed by atoms with Crippen molar-refractivity contribution in [2.24, 2.45) is 11.8 Å². The van der Waals surface area contributed by atoms with Crippen molar-refractivity contribution in [3.63, 3.8) is 0 Å². The zero-order valence-electron chi connectivity index (χ0n) is 17.8. The van der Waals surface area contributed by atoms with E-state index in [4.69, 9.17) is 9.26 Å². The molecule has 0 unspecified atom stereocenters. The molecule has 0 aliphatic rings. The van der Waals surface area contributed by atoms with Gasteiger partial charge in [-0.2, -0.15) is 4.98 Å². The Hall–Kier alpha value is -1.63. The molecule has 0 saturated carbocycles. The molecule has 1 N–H and O–H groups in total. The molecule has 7 nitrogen and oxygen atoms in total. The summed E-state index contributed by atoms with van der Waals surface area (Å²) in [5.74, 6) is 2.11. The summed E-state index contributed by atoms with van der Waals surface area (Å²) in [4.78, 5) is 18.9. The number of rotatable bonds is 8. The highest BCUT2D eigenvalue weighted by Gasteiger charge is 2.31. The maximum absolute atomic E-state index is 12.0. The molecule has 26 heavy (non-hydrogen) atoms. The van der Waals surface area contributed by atoms with Crippen molar-refractivity contribution in [2.45, 2.75) is 80.0 Å². The van der Waals surface area contributed by atoms with Crippen LogP contribution in [0.3, 0.4) is 0 Å². The molecule has 0 aliphatic heterocycles. The summed E-state index contributed by atoms with van der Waals surface area (Å²) in [5, 5.41) is 6.87. The molecule has 0 radical (unpaired) electrons. The number of nitrogens with one attached hydrogen (secondary N) is 1. The molecule has 0 aromatic carbocycles. The lowest BCUT2D eigenvalue weighted by molar-refractivity contribution is 0.0465. The fraction of sp³-hybridized carbons (Fsp3) is 0.842. The van der Waals surface area contributed by atoms with Gasteiger partial charge in [0, 0.05) is 13.1 Å². The van der Waals surface area contributed by atoms with E-state index in [1.54, 1.807) is 0 Å². The normalized spacial score (nSPS) is 12.9. The first-order valence-corrected chi connectivity index (χ1v) is 9.35. The van der Waals surface area contributed by atoms with Gasteiger partial charge < -0.3 is 14.6 Å². The van der Waals surface area contributed by atoms with Crippen molar-refractivity contribution < 1.29 is 14.1 Å². The second-order valence-electron chi connectivity index (χ2n) is 9.25. The smallest absolute Gasteiger partial charge is 0.408 e. The topological polar surface area (TPSA) is 80.5 Å². The van der Waals surface area contributed by atoms with E-state index in [0.29, 0.717) is 30.1 Å². The number of nitrogens with zero attached hydrogens (tertiary/aromatic N) is 3. The highest BCUT2D eigenvalue weighted by molar-refractivity contribution is 5.68. The first kappa shape index (κ1) is 22.4. The summed E-state index contributed by atoms with van der Waals surface area (Å²) in [7, 11) is 0. The van der Waals surface area contributed by atoms with Gasteiger partial charge in [-0.1, -0.05) is 32.9 Å². The lowest BCUT2D eigenvalue weighted by atomic mass is 10.1. The lowest BCUT2D eigenvalue weighted by Gasteiger charge is -2.26. The molecule has 1 aromatic heterocycles. The number of ether oxygens (including phenoxy) is 1. The van der Waals surface area contributed by atoms with Crippen molar-refractivity contribution in [1.82, 2.24) is 20.4 Å². The van der Waals surface area contributed by atoms with E-state index in [2.05, 4.69) is 48.1 Å². The Morgan fingerprint density at radius 3 is 2.12 bits per heavy atom. The fourth-order valence-corrected chi connectivity index (χ4v) is 2.62. The summed E-state index contributed by atoms with van der Waals surface area (Å²) in [6.07, 6.45) is -0.505. The first-order chi connectivity index (χ1) is 11.8. The molecular formula is C19H36N4O3. The van der Waals surface area contributed by atoms with Crippen LogP contribution in [-0.2, 0) is 16.8 Å². The average molecular weight is 369 g/mol. The summed E-state index contributed by atoms with van der Waals surface area (Å²) in [5.41, 5.74) is -1.35. The number of alkyl carbamates (subject to hydrolysis) is 1. The van der Waals surface area contributed by atoms with Gasteiger partial charge in [0.1, 0.15) is 11.1 Å². The van der Waals surface area contributed by atoms with Crippen LogP contribution in [0.15, 0.2) is 4.52 Å². The monoisotopic (exact) mass is 368 g/mol. The number of hydrogen-bond donors (Lipinski definition) is 1. The van der Waals surface area contributed by atoms with Gasteiger partial charge in [-0.3, -0.25) is 4.90 Å². The van der Waals surface area contributed by atoms with Gasteiger partial charge in [-0.25, -0.2) is 4.79 Å². The molecule has 150 valence electrons. The molecule has 1 aromatic rings. The zero-order valence-corrected chi connectivity index (χ0v) is 17.8. The van der Waals surface area contributed by atoms with Gasteiger partial charge in [0.25, 0.3) is 0 Å². The zero-order chi connectivity index (χ0) is 20.1. The predicted octanol–water partition coefficient (Wildman–Crippen LogP) is 3.94. The third-order valence-electron chi connectivity index (χ3n) is 3.45. The van der Waals surface area contributed by atoms with Gasteiger partial charge in [0.15, 0.2) is 5.82 Å². The minimum Gasteiger partial charge on any atom is -0.444 e. The molecule has 1 amide bonds. The Kier molecular flexibility index (Phi) is 7.62. The maximum Gasteiger partial charge on any atom is 0.408 e. The van der Waals surface area contributed by atoms with Gasteiger partial charge in [0.2, 0.25) is 5.89 Å². The number of aromatic nitrogens is 2. The van der Waals surface area contributed by atoms with E-state index < -0.39 is 17.2 Å². The summed E-state index contributed by atoms with van der Waals surface area (Å²) >= 11 is 0. The Morgan fingerprint density at radius 2 is 1.65 bits per heavy atom. The summed E-state index contributed by atoms with van der Waals surface area (Å²) in [6, 6.07) is 0. The number of carbonyl (C=O) groups is 1. The van der Waals surface area contributed by atoms with E-state index in [-0.39, 0.29) is 0 Å². The van der Waals surface area contributed by atoms with E-state index in [9.17, 15) is 4.79 Å². The fourth-order valence-electron chi connectivity index (χ4n) is 2.62. The third kappa shape index (κ3) is 8.17. The maximum atomic E-state index is 12.0. The van der Waals surface area contributed by atoms with E-state index >= 15 is 0 Å². The minimum absolute atomic E-state index is 0.437. The Morgan fingerprint density at radius 1 is 1.12 bits per heavy atom. The van der Waals surface area contributed by atoms with Crippen molar-refractivity contribution >= 4 is 6.09 Å². The number of hydrogen-bond acceptors (Lipinski definition) is 6. The molecule has 1 rings (SSSR count). The highest BCUT2D eigenvalue weighted by atomic mass is 16.6. The molecule has 0 atom stereocenters. The minimum atomic E-state index is -0.787. The average Bonchev–Trinajstić information content (AvgIpc) is 2.82. The van der Waals surface area contributed by atoms with Crippen LogP contribution in [0.2, 0.25) is 0 Å². The third-order valence-corrected chi connectivity index (χ3v) is 3.45. The first-order valence-electron chi connectivity index (χ1n) is 9.35. The number of carbonyl (C=O) groups excluding carboxylic acids is 1. The molecule has 0 aliphatic carbocycles. The van der Waals surface area contributed by atoms with Crippen LogP contribution in [0, 0.1) is 11.8 Å². The molecular weight excluding hydrogens is 332 g/mol.